The van der Waals surface area contributed by atoms with Crippen LogP contribution in [0.2, 0.25) is 0 Å². The average Bonchev–Trinajstić information content (AvgIpc) is 2.06. The van der Waals surface area contributed by atoms with Crippen LogP contribution < -0.4 is 0 Å². The fourth-order valence-electron chi connectivity index (χ4n) is 0.595. The summed E-state index contributed by atoms with van der Waals surface area (Å²) < 4.78 is 5.31. The van der Waals surface area contributed by atoms with Gasteiger partial charge in [-0.1, -0.05) is 33.3 Å². The van der Waals surface area contributed by atoms with Crippen LogP contribution in [0.5, 0.6) is 0 Å². The molecule has 0 amide bonds. The number of aliphatic hydroxyl groups is 1. The largest absolute Gasteiger partial charge is 0.516 e. The Kier molecular flexibility index (Phi) is 19.7. The van der Waals surface area contributed by atoms with Gasteiger partial charge in [-0.3, -0.25) is 0 Å². The van der Waals surface area contributed by atoms with Crippen LogP contribution in [0.4, 0.5) is 0 Å². The van der Waals surface area contributed by atoms with Crippen LogP contribution in [0.3, 0.4) is 0 Å². The average molecular weight is 174 g/mol. The Morgan fingerprint density at radius 3 is 1.75 bits per heavy atom. The highest BCUT2D eigenvalue weighted by Gasteiger charge is 1.84. The summed E-state index contributed by atoms with van der Waals surface area (Å²) in [5.41, 5.74) is 0. The summed E-state index contributed by atoms with van der Waals surface area (Å²) in [6, 6.07) is 0. The molecule has 0 aliphatic heterocycles. The second-order valence-electron chi connectivity index (χ2n) is 2.50. The Hall–Kier alpha value is -0.500. The number of hydrogen-bond acceptors (Lipinski definition) is 2. The zero-order chi connectivity index (χ0) is 9.66. The second-order valence-corrected chi connectivity index (χ2v) is 2.50. The first kappa shape index (κ1) is 14.0. The molecule has 0 aromatic rings. The molecule has 0 aliphatic rings. The van der Waals surface area contributed by atoms with Gasteiger partial charge in [-0.25, -0.2) is 0 Å². The summed E-state index contributed by atoms with van der Waals surface area (Å²) in [6.45, 7) is 9.19. The molecule has 0 atom stereocenters. The lowest BCUT2D eigenvalue weighted by Gasteiger charge is -1.99. The molecule has 0 aliphatic carbocycles. The molecule has 0 unspecified atom stereocenters. The second kappa shape index (κ2) is 16.8. The molecule has 0 fully saturated rings. The summed E-state index contributed by atoms with van der Waals surface area (Å²) >= 11 is 0. The lowest BCUT2D eigenvalue weighted by Crippen LogP contribution is -1.95. The van der Waals surface area contributed by atoms with Gasteiger partial charge in [0.25, 0.3) is 0 Å². The van der Waals surface area contributed by atoms with E-state index in [9.17, 15) is 0 Å². The maximum Gasteiger partial charge on any atom is 0.0719 e. The van der Waals surface area contributed by atoms with Crippen molar-refractivity contribution in [3.05, 3.63) is 12.8 Å². The number of ether oxygens (including phenoxy) is 1. The first-order valence-corrected chi connectivity index (χ1v) is 4.66. The minimum Gasteiger partial charge on any atom is -0.516 e. The predicted molar refractivity (Wildman–Crippen MR) is 53.5 cm³/mol. The predicted octanol–water partition coefficient (Wildman–Crippen LogP) is 3.29. The molecule has 0 radical (unpaired) electrons. The van der Waals surface area contributed by atoms with Crippen LogP contribution in [0, 0.1) is 0 Å². The Bertz CT molecular complexity index is 66.2. The van der Waals surface area contributed by atoms with Gasteiger partial charge < -0.3 is 9.84 Å². The first-order chi connectivity index (χ1) is 5.83. The van der Waals surface area contributed by atoms with E-state index in [1.165, 1.54) is 25.7 Å². The molecule has 1 N–H and O–H groups in total. The van der Waals surface area contributed by atoms with Crippen LogP contribution in [0.1, 0.15) is 39.5 Å². The SMILES string of the molecule is C=CO.CCCCOCCCC. The highest BCUT2D eigenvalue weighted by Crippen LogP contribution is 1.91. The standard InChI is InChI=1S/C8H18O.C2H4O/c1-3-5-7-9-8-6-4-2;1-2-3/h3-8H2,1-2H3;2-3H,1H2. The van der Waals surface area contributed by atoms with Crippen molar-refractivity contribution in [2.75, 3.05) is 13.2 Å². The summed E-state index contributed by atoms with van der Waals surface area (Å²) in [4.78, 5) is 0. The van der Waals surface area contributed by atoms with Gasteiger partial charge in [0.2, 0.25) is 0 Å². The van der Waals surface area contributed by atoms with E-state index in [0.29, 0.717) is 0 Å². The summed E-state index contributed by atoms with van der Waals surface area (Å²) in [5.74, 6) is 0. The fraction of sp³-hybridized carbons (Fsp3) is 0.800. The molecule has 0 aromatic heterocycles. The van der Waals surface area contributed by atoms with Crippen molar-refractivity contribution in [1.29, 1.82) is 0 Å². The normalized spacial score (nSPS) is 8.50. The molecule has 0 rings (SSSR count). The molecule has 2 nitrogen and oxygen atoms in total. The highest BCUT2D eigenvalue weighted by atomic mass is 16.5. The van der Waals surface area contributed by atoms with Gasteiger partial charge in [0.15, 0.2) is 0 Å². The van der Waals surface area contributed by atoms with Crippen molar-refractivity contribution in [2.45, 2.75) is 39.5 Å². The Labute approximate surface area is 76.2 Å². The van der Waals surface area contributed by atoms with Crippen molar-refractivity contribution in [2.24, 2.45) is 0 Å². The van der Waals surface area contributed by atoms with E-state index < -0.39 is 0 Å². The fourth-order valence-corrected chi connectivity index (χ4v) is 0.595. The van der Waals surface area contributed by atoms with Crippen molar-refractivity contribution in [1.82, 2.24) is 0 Å². The smallest absolute Gasteiger partial charge is 0.0719 e. The van der Waals surface area contributed by atoms with Gasteiger partial charge in [-0.2, -0.15) is 0 Å². The van der Waals surface area contributed by atoms with E-state index in [0.717, 1.165) is 19.5 Å². The number of aliphatic hydroxyl groups excluding tert-OH is 1. The van der Waals surface area contributed by atoms with Crippen molar-refractivity contribution in [3.8, 4) is 0 Å². The van der Waals surface area contributed by atoms with Gasteiger partial charge in [0.05, 0.1) is 6.26 Å². The molecule has 12 heavy (non-hydrogen) atoms. The van der Waals surface area contributed by atoms with Crippen LogP contribution in [-0.2, 0) is 4.74 Å². The first-order valence-electron chi connectivity index (χ1n) is 4.66. The summed E-state index contributed by atoms with van der Waals surface area (Å²) in [7, 11) is 0. The number of unbranched alkanes of at least 4 members (excludes halogenated alkanes) is 2. The van der Waals surface area contributed by atoms with E-state index in [2.05, 4.69) is 20.4 Å². The topological polar surface area (TPSA) is 29.5 Å². The molecule has 0 saturated carbocycles. The van der Waals surface area contributed by atoms with Crippen LogP contribution in [0.15, 0.2) is 12.8 Å². The minimum absolute atomic E-state index is 0.750. The van der Waals surface area contributed by atoms with Gasteiger partial charge >= 0.3 is 0 Å². The highest BCUT2D eigenvalue weighted by molar-refractivity contribution is 4.38. The molecular weight excluding hydrogens is 152 g/mol. The third-order valence-electron chi connectivity index (χ3n) is 1.28. The van der Waals surface area contributed by atoms with Gasteiger partial charge in [0, 0.05) is 13.2 Å². The molecule has 74 valence electrons. The third-order valence-corrected chi connectivity index (χ3v) is 1.28. The van der Waals surface area contributed by atoms with E-state index in [1.54, 1.807) is 0 Å². The van der Waals surface area contributed by atoms with E-state index in [4.69, 9.17) is 9.84 Å². The van der Waals surface area contributed by atoms with Crippen molar-refractivity contribution in [3.63, 3.8) is 0 Å². The van der Waals surface area contributed by atoms with E-state index in [-0.39, 0.29) is 0 Å². The lowest BCUT2D eigenvalue weighted by atomic mass is 10.3. The molecule has 0 aromatic carbocycles. The maximum atomic E-state index is 7.33. The summed E-state index contributed by atoms with van der Waals surface area (Å²) in [5, 5.41) is 7.33. The molecule has 0 spiro atoms. The third kappa shape index (κ3) is 22.7. The molecule has 2 heteroatoms. The Morgan fingerprint density at radius 2 is 1.50 bits per heavy atom. The van der Waals surface area contributed by atoms with Crippen molar-refractivity contribution < 1.29 is 9.84 Å². The molecular formula is C10H22O2. The molecule has 0 bridgehead atoms. The van der Waals surface area contributed by atoms with Crippen molar-refractivity contribution >= 4 is 0 Å². The van der Waals surface area contributed by atoms with Gasteiger partial charge in [-0.15, -0.1) is 0 Å². The van der Waals surface area contributed by atoms with E-state index in [1.807, 2.05) is 0 Å². The summed E-state index contributed by atoms with van der Waals surface area (Å²) in [6.07, 6.45) is 5.66. The Balaban J connectivity index is 0. The van der Waals surface area contributed by atoms with E-state index >= 15 is 0 Å². The molecule has 0 saturated heterocycles. The zero-order valence-electron chi connectivity index (χ0n) is 8.38. The number of hydrogen-bond donors (Lipinski definition) is 1. The van der Waals surface area contributed by atoms with Crippen LogP contribution >= 0.6 is 0 Å². The minimum atomic E-state index is 0.750. The lowest BCUT2D eigenvalue weighted by molar-refractivity contribution is 0.128. The van der Waals surface area contributed by atoms with Gasteiger partial charge in [-0.05, 0) is 12.8 Å². The quantitative estimate of drug-likeness (QED) is 0.494. The van der Waals surface area contributed by atoms with Gasteiger partial charge in [0.1, 0.15) is 0 Å². The number of rotatable bonds is 6. The monoisotopic (exact) mass is 174 g/mol. The zero-order valence-corrected chi connectivity index (χ0v) is 8.38. The van der Waals surface area contributed by atoms with Crippen LogP contribution in [-0.4, -0.2) is 18.3 Å². The Morgan fingerprint density at radius 1 is 1.17 bits per heavy atom. The molecule has 0 heterocycles. The van der Waals surface area contributed by atoms with Crippen LogP contribution in [0.25, 0.3) is 0 Å². The maximum absolute atomic E-state index is 7.33.